The van der Waals surface area contributed by atoms with E-state index < -0.39 is 0 Å². The van der Waals surface area contributed by atoms with Gasteiger partial charge in [-0.2, -0.15) is 0 Å². The zero-order chi connectivity index (χ0) is 13.6. The lowest BCUT2D eigenvalue weighted by atomic mass is 9.78. The SMILES string of the molecule is CCc1cc(B2OC(C)(C)C(C)(C)O2)ccc1N. The maximum absolute atomic E-state index is 6.03. The highest BCUT2D eigenvalue weighted by Gasteiger charge is 2.51. The molecule has 0 aliphatic carbocycles. The van der Waals surface area contributed by atoms with Crippen LogP contribution in [0.2, 0.25) is 0 Å². The molecule has 1 heterocycles. The van der Waals surface area contributed by atoms with Crippen molar-refractivity contribution < 1.29 is 9.31 Å². The largest absolute Gasteiger partial charge is 0.494 e. The summed E-state index contributed by atoms with van der Waals surface area (Å²) in [6.45, 7) is 10.3. The van der Waals surface area contributed by atoms with Gasteiger partial charge in [0.15, 0.2) is 0 Å². The van der Waals surface area contributed by atoms with Crippen LogP contribution in [-0.4, -0.2) is 18.3 Å². The normalized spacial score (nSPS) is 21.3. The molecule has 3 nitrogen and oxygen atoms in total. The van der Waals surface area contributed by atoms with E-state index in [0.717, 1.165) is 23.1 Å². The number of benzene rings is 1. The van der Waals surface area contributed by atoms with E-state index in [0.29, 0.717) is 0 Å². The van der Waals surface area contributed by atoms with E-state index in [9.17, 15) is 0 Å². The molecule has 0 unspecified atom stereocenters. The predicted molar refractivity (Wildman–Crippen MR) is 75.9 cm³/mol. The minimum absolute atomic E-state index is 0.300. The van der Waals surface area contributed by atoms with Crippen LogP contribution in [0.5, 0.6) is 0 Å². The van der Waals surface area contributed by atoms with E-state index in [4.69, 9.17) is 15.0 Å². The smallest absolute Gasteiger partial charge is 0.399 e. The van der Waals surface area contributed by atoms with Gasteiger partial charge in [-0.05, 0) is 51.2 Å². The molecule has 2 N–H and O–H groups in total. The van der Waals surface area contributed by atoms with Crippen molar-refractivity contribution in [2.75, 3.05) is 5.73 Å². The van der Waals surface area contributed by atoms with Gasteiger partial charge in [0.2, 0.25) is 0 Å². The molecule has 0 atom stereocenters. The second kappa shape index (κ2) is 4.28. The molecule has 0 bridgehead atoms. The summed E-state index contributed by atoms with van der Waals surface area (Å²) in [4.78, 5) is 0. The summed E-state index contributed by atoms with van der Waals surface area (Å²) in [5.74, 6) is 0. The highest BCUT2D eigenvalue weighted by atomic mass is 16.7. The van der Waals surface area contributed by atoms with Crippen molar-refractivity contribution >= 4 is 18.3 Å². The first-order valence-electron chi connectivity index (χ1n) is 6.51. The summed E-state index contributed by atoms with van der Waals surface area (Å²) in [7, 11) is -0.305. The van der Waals surface area contributed by atoms with E-state index in [-0.39, 0.29) is 18.3 Å². The van der Waals surface area contributed by atoms with Gasteiger partial charge in [0.05, 0.1) is 11.2 Å². The fourth-order valence-electron chi connectivity index (χ4n) is 2.06. The summed E-state index contributed by atoms with van der Waals surface area (Å²) in [5, 5.41) is 0. The molecule has 4 heteroatoms. The molecule has 1 fully saturated rings. The molecular formula is C14H22BNO2. The van der Waals surface area contributed by atoms with Crippen molar-refractivity contribution in [3.05, 3.63) is 23.8 Å². The van der Waals surface area contributed by atoms with Gasteiger partial charge in [0, 0.05) is 5.69 Å². The molecule has 1 saturated heterocycles. The highest BCUT2D eigenvalue weighted by molar-refractivity contribution is 6.62. The third kappa shape index (κ3) is 2.15. The van der Waals surface area contributed by atoms with Crippen molar-refractivity contribution in [3.8, 4) is 0 Å². The van der Waals surface area contributed by atoms with Crippen LogP contribution in [0.3, 0.4) is 0 Å². The Labute approximate surface area is 110 Å². The lowest BCUT2D eigenvalue weighted by Gasteiger charge is -2.32. The molecular weight excluding hydrogens is 225 g/mol. The van der Waals surface area contributed by atoms with Gasteiger partial charge in [0.25, 0.3) is 0 Å². The Morgan fingerprint density at radius 2 is 1.67 bits per heavy atom. The van der Waals surface area contributed by atoms with E-state index >= 15 is 0 Å². The van der Waals surface area contributed by atoms with Crippen molar-refractivity contribution in [1.29, 1.82) is 0 Å². The zero-order valence-electron chi connectivity index (χ0n) is 11.9. The van der Waals surface area contributed by atoms with Crippen molar-refractivity contribution in [2.24, 2.45) is 0 Å². The minimum Gasteiger partial charge on any atom is -0.399 e. The Kier molecular flexibility index (Phi) is 3.20. The zero-order valence-corrected chi connectivity index (χ0v) is 11.9. The monoisotopic (exact) mass is 247 g/mol. The van der Waals surface area contributed by atoms with Crippen LogP contribution in [0.15, 0.2) is 18.2 Å². The van der Waals surface area contributed by atoms with Crippen LogP contribution in [0.25, 0.3) is 0 Å². The average molecular weight is 247 g/mol. The van der Waals surface area contributed by atoms with E-state index in [1.54, 1.807) is 0 Å². The maximum Gasteiger partial charge on any atom is 0.494 e. The summed E-state index contributed by atoms with van der Waals surface area (Å²) < 4.78 is 12.1. The molecule has 98 valence electrons. The Morgan fingerprint density at radius 1 is 1.11 bits per heavy atom. The van der Waals surface area contributed by atoms with Crippen molar-refractivity contribution in [1.82, 2.24) is 0 Å². The van der Waals surface area contributed by atoms with Gasteiger partial charge in [0.1, 0.15) is 0 Å². The summed E-state index contributed by atoms with van der Waals surface area (Å²) >= 11 is 0. The molecule has 0 aromatic heterocycles. The van der Waals surface area contributed by atoms with Crippen LogP contribution in [0, 0.1) is 0 Å². The molecule has 1 aliphatic heterocycles. The molecule has 1 aromatic carbocycles. The van der Waals surface area contributed by atoms with Gasteiger partial charge < -0.3 is 15.0 Å². The molecule has 18 heavy (non-hydrogen) atoms. The van der Waals surface area contributed by atoms with Gasteiger partial charge in [-0.15, -0.1) is 0 Å². The molecule has 0 spiro atoms. The Bertz CT molecular complexity index is 441. The number of anilines is 1. The van der Waals surface area contributed by atoms with Gasteiger partial charge in [-0.3, -0.25) is 0 Å². The Morgan fingerprint density at radius 3 is 2.17 bits per heavy atom. The van der Waals surface area contributed by atoms with Crippen molar-refractivity contribution in [2.45, 2.75) is 52.2 Å². The van der Waals surface area contributed by atoms with E-state index in [1.807, 2.05) is 12.1 Å². The first-order chi connectivity index (χ1) is 8.27. The molecule has 0 radical (unpaired) electrons. The number of rotatable bonds is 2. The molecule has 1 aliphatic rings. The van der Waals surface area contributed by atoms with Crippen LogP contribution in [0.4, 0.5) is 5.69 Å². The lowest BCUT2D eigenvalue weighted by Crippen LogP contribution is -2.41. The molecule has 0 saturated carbocycles. The quantitative estimate of drug-likeness (QED) is 0.643. The van der Waals surface area contributed by atoms with Crippen LogP contribution in [-0.2, 0) is 15.7 Å². The van der Waals surface area contributed by atoms with Gasteiger partial charge >= 0.3 is 7.12 Å². The number of hydrogen-bond acceptors (Lipinski definition) is 3. The first-order valence-corrected chi connectivity index (χ1v) is 6.51. The van der Waals surface area contributed by atoms with Crippen LogP contribution >= 0.6 is 0 Å². The number of nitrogen functional groups attached to an aromatic ring is 1. The standard InChI is InChI=1S/C14H22BNO2/c1-6-10-9-11(7-8-12(10)16)15-17-13(2,3)14(4,5)18-15/h7-9H,6,16H2,1-5H3. The number of hydrogen-bond donors (Lipinski definition) is 1. The third-order valence-corrected chi connectivity index (χ3v) is 4.07. The molecule has 2 rings (SSSR count). The topological polar surface area (TPSA) is 44.5 Å². The second-order valence-corrected chi connectivity index (χ2v) is 5.90. The van der Waals surface area contributed by atoms with Crippen molar-refractivity contribution in [3.63, 3.8) is 0 Å². The first kappa shape index (κ1) is 13.4. The number of aryl methyl sites for hydroxylation is 1. The fourth-order valence-corrected chi connectivity index (χ4v) is 2.06. The minimum atomic E-state index is -0.305. The highest BCUT2D eigenvalue weighted by Crippen LogP contribution is 2.36. The second-order valence-electron chi connectivity index (χ2n) is 5.90. The maximum atomic E-state index is 6.03. The molecule has 1 aromatic rings. The summed E-state index contributed by atoms with van der Waals surface area (Å²) in [6, 6.07) is 5.99. The number of nitrogens with two attached hydrogens (primary N) is 1. The fraction of sp³-hybridized carbons (Fsp3) is 0.571. The van der Waals surface area contributed by atoms with Crippen LogP contribution < -0.4 is 11.2 Å². The lowest BCUT2D eigenvalue weighted by molar-refractivity contribution is 0.00578. The Hall–Kier alpha value is -0.995. The van der Waals surface area contributed by atoms with Gasteiger partial charge in [-0.1, -0.05) is 19.1 Å². The van der Waals surface area contributed by atoms with E-state index in [2.05, 4.69) is 40.7 Å². The van der Waals surface area contributed by atoms with Gasteiger partial charge in [-0.25, -0.2) is 0 Å². The van der Waals surface area contributed by atoms with Crippen LogP contribution in [0.1, 0.15) is 40.2 Å². The summed E-state index contributed by atoms with van der Waals surface area (Å²) in [6.07, 6.45) is 0.916. The third-order valence-electron chi connectivity index (χ3n) is 4.07. The van der Waals surface area contributed by atoms with E-state index in [1.165, 1.54) is 0 Å². The Balaban J connectivity index is 2.30. The summed E-state index contributed by atoms with van der Waals surface area (Å²) in [5.41, 5.74) is 8.34. The predicted octanol–water partition coefficient (Wildman–Crippen LogP) is 2.13. The average Bonchev–Trinajstić information content (AvgIpc) is 2.49. The molecule has 0 amide bonds.